The van der Waals surface area contributed by atoms with Gasteiger partial charge in [-0.15, -0.1) is 0 Å². The standard InChI is InChI=1S/C13H12BrNO2/c14-10-4-3-5-11-9(10)8-12(17-11)13(16)15-6-1-2-7-15/h3-5,8H,1-2,6-7H2. The van der Waals surface area contributed by atoms with Crippen LogP contribution in [-0.2, 0) is 0 Å². The first-order chi connectivity index (χ1) is 8.25. The van der Waals surface area contributed by atoms with E-state index in [-0.39, 0.29) is 5.91 Å². The maximum Gasteiger partial charge on any atom is 0.289 e. The van der Waals surface area contributed by atoms with Gasteiger partial charge in [-0.25, -0.2) is 0 Å². The van der Waals surface area contributed by atoms with Gasteiger partial charge >= 0.3 is 0 Å². The molecule has 0 bridgehead atoms. The topological polar surface area (TPSA) is 33.5 Å². The average Bonchev–Trinajstić information content (AvgIpc) is 2.98. The molecule has 1 aromatic heterocycles. The first-order valence-electron chi connectivity index (χ1n) is 5.73. The molecule has 2 aromatic rings. The Hall–Kier alpha value is -1.29. The minimum atomic E-state index is 0.00519. The molecule has 1 amide bonds. The van der Waals surface area contributed by atoms with Crippen LogP contribution in [0, 0.1) is 0 Å². The monoisotopic (exact) mass is 293 g/mol. The number of hydrogen-bond donors (Lipinski definition) is 0. The van der Waals surface area contributed by atoms with Gasteiger partial charge in [0, 0.05) is 22.9 Å². The lowest BCUT2D eigenvalue weighted by Gasteiger charge is -2.12. The van der Waals surface area contributed by atoms with Crippen molar-refractivity contribution in [2.75, 3.05) is 13.1 Å². The van der Waals surface area contributed by atoms with Crippen LogP contribution in [-0.4, -0.2) is 23.9 Å². The first-order valence-corrected chi connectivity index (χ1v) is 6.52. The number of amides is 1. The van der Waals surface area contributed by atoms with E-state index in [0.717, 1.165) is 41.4 Å². The molecule has 0 atom stereocenters. The predicted molar refractivity (Wildman–Crippen MR) is 69.1 cm³/mol. The lowest BCUT2D eigenvalue weighted by molar-refractivity contribution is 0.0763. The number of likely N-dealkylation sites (tertiary alicyclic amines) is 1. The predicted octanol–water partition coefficient (Wildman–Crippen LogP) is 3.43. The van der Waals surface area contributed by atoms with Crippen LogP contribution in [0.2, 0.25) is 0 Å². The number of furan rings is 1. The highest BCUT2D eigenvalue weighted by molar-refractivity contribution is 9.10. The fourth-order valence-electron chi connectivity index (χ4n) is 2.21. The van der Waals surface area contributed by atoms with Gasteiger partial charge in [0.15, 0.2) is 5.76 Å². The zero-order valence-corrected chi connectivity index (χ0v) is 10.9. The number of hydrogen-bond acceptors (Lipinski definition) is 2. The van der Waals surface area contributed by atoms with E-state index in [4.69, 9.17) is 4.42 Å². The number of benzene rings is 1. The van der Waals surface area contributed by atoms with Gasteiger partial charge < -0.3 is 9.32 Å². The van der Waals surface area contributed by atoms with Crippen molar-refractivity contribution < 1.29 is 9.21 Å². The molecular formula is C13H12BrNO2. The summed E-state index contributed by atoms with van der Waals surface area (Å²) in [5.74, 6) is 0.444. The van der Waals surface area contributed by atoms with Crippen molar-refractivity contribution in [2.45, 2.75) is 12.8 Å². The van der Waals surface area contributed by atoms with Gasteiger partial charge in [-0.2, -0.15) is 0 Å². The number of rotatable bonds is 1. The summed E-state index contributed by atoms with van der Waals surface area (Å²) in [7, 11) is 0. The molecule has 0 unspecified atom stereocenters. The van der Waals surface area contributed by atoms with Crippen LogP contribution in [0.5, 0.6) is 0 Å². The van der Waals surface area contributed by atoms with Crippen molar-refractivity contribution in [1.29, 1.82) is 0 Å². The zero-order valence-electron chi connectivity index (χ0n) is 9.28. The van der Waals surface area contributed by atoms with Crippen LogP contribution < -0.4 is 0 Å². The summed E-state index contributed by atoms with van der Waals surface area (Å²) in [5.41, 5.74) is 0.752. The van der Waals surface area contributed by atoms with Crippen molar-refractivity contribution >= 4 is 32.8 Å². The summed E-state index contributed by atoms with van der Waals surface area (Å²) < 4.78 is 6.56. The molecule has 0 spiro atoms. The molecule has 88 valence electrons. The summed E-state index contributed by atoms with van der Waals surface area (Å²) in [5, 5.41) is 0.954. The van der Waals surface area contributed by atoms with Crippen LogP contribution in [0.15, 0.2) is 33.2 Å². The van der Waals surface area contributed by atoms with E-state index < -0.39 is 0 Å². The number of halogens is 1. The van der Waals surface area contributed by atoms with Crippen LogP contribution >= 0.6 is 15.9 Å². The third-order valence-corrected chi connectivity index (χ3v) is 3.80. The largest absolute Gasteiger partial charge is 0.451 e. The van der Waals surface area contributed by atoms with E-state index in [0.29, 0.717) is 5.76 Å². The molecule has 2 heterocycles. The van der Waals surface area contributed by atoms with Crippen LogP contribution in [0.25, 0.3) is 11.0 Å². The molecule has 3 rings (SSSR count). The second-order valence-electron chi connectivity index (χ2n) is 4.26. The summed E-state index contributed by atoms with van der Waals surface area (Å²) >= 11 is 3.46. The van der Waals surface area contributed by atoms with Crippen molar-refractivity contribution in [3.8, 4) is 0 Å². The summed E-state index contributed by atoms with van der Waals surface area (Å²) in [6.07, 6.45) is 2.19. The molecule has 0 saturated carbocycles. The molecule has 1 saturated heterocycles. The Morgan fingerprint density at radius 1 is 1.29 bits per heavy atom. The first kappa shape index (κ1) is 10.8. The lowest BCUT2D eigenvalue weighted by Crippen LogP contribution is -2.27. The smallest absolute Gasteiger partial charge is 0.289 e. The van der Waals surface area contributed by atoms with E-state index in [2.05, 4.69) is 15.9 Å². The number of fused-ring (bicyclic) bond motifs is 1. The molecule has 0 N–H and O–H groups in total. The molecule has 3 nitrogen and oxygen atoms in total. The summed E-state index contributed by atoms with van der Waals surface area (Å²) in [4.78, 5) is 14.0. The average molecular weight is 294 g/mol. The third kappa shape index (κ3) is 1.86. The number of carbonyl (C=O) groups is 1. The van der Waals surface area contributed by atoms with E-state index in [1.54, 1.807) is 0 Å². The second kappa shape index (κ2) is 4.18. The molecule has 17 heavy (non-hydrogen) atoms. The van der Waals surface area contributed by atoms with Gasteiger partial charge in [-0.05, 0) is 31.0 Å². The van der Waals surface area contributed by atoms with E-state index in [1.165, 1.54) is 0 Å². The Kier molecular flexibility index (Phi) is 2.67. The molecule has 1 fully saturated rings. The maximum absolute atomic E-state index is 12.1. The highest BCUT2D eigenvalue weighted by Gasteiger charge is 2.22. The van der Waals surface area contributed by atoms with E-state index in [9.17, 15) is 4.79 Å². The fourth-order valence-corrected chi connectivity index (χ4v) is 2.67. The Labute approximate surface area is 108 Å². The molecule has 0 radical (unpaired) electrons. The van der Waals surface area contributed by atoms with Gasteiger partial charge in [-0.3, -0.25) is 4.79 Å². The summed E-state index contributed by atoms with van der Waals surface area (Å²) in [6, 6.07) is 7.54. The van der Waals surface area contributed by atoms with Gasteiger partial charge in [0.25, 0.3) is 5.91 Å². The molecular weight excluding hydrogens is 282 g/mol. The second-order valence-corrected chi connectivity index (χ2v) is 5.12. The van der Waals surface area contributed by atoms with E-state index in [1.807, 2.05) is 29.2 Å². The van der Waals surface area contributed by atoms with Gasteiger partial charge in [-0.1, -0.05) is 22.0 Å². The van der Waals surface area contributed by atoms with Gasteiger partial charge in [0.05, 0.1) is 0 Å². The van der Waals surface area contributed by atoms with Gasteiger partial charge in [0.1, 0.15) is 5.58 Å². The number of nitrogens with zero attached hydrogens (tertiary/aromatic N) is 1. The molecule has 4 heteroatoms. The van der Waals surface area contributed by atoms with Crippen LogP contribution in [0.1, 0.15) is 23.4 Å². The third-order valence-electron chi connectivity index (χ3n) is 3.11. The molecule has 1 aliphatic rings. The summed E-state index contributed by atoms with van der Waals surface area (Å²) in [6.45, 7) is 1.69. The van der Waals surface area contributed by atoms with Crippen molar-refractivity contribution in [3.63, 3.8) is 0 Å². The minimum Gasteiger partial charge on any atom is -0.451 e. The fraction of sp³-hybridized carbons (Fsp3) is 0.308. The highest BCUT2D eigenvalue weighted by Crippen LogP contribution is 2.28. The molecule has 1 aliphatic heterocycles. The van der Waals surface area contributed by atoms with Crippen molar-refractivity contribution in [2.24, 2.45) is 0 Å². The zero-order chi connectivity index (χ0) is 11.8. The maximum atomic E-state index is 12.1. The Morgan fingerprint density at radius 2 is 2.06 bits per heavy atom. The van der Waals surface area contributed by atoms with Crippen LogP contribution in [0.3, 0.4) is 0 Å². The van der Waals surface area contributed by atoms with Crippen molar-refractivity contribution in [1.82, 2.24) is 4.90 Å². The molecule has 0 aliphatic carbocycles. The Bertz CT molecular complexity index is 570. The minimum absolute atomic E-state index is 0.00519. The van der Waals surface area contributed by atoms with Gasteiger partial charge in [0.2, 0.25) is 0 Å². The van der Waals surface area contributed by atoms with Crippen molar-refractivity contribution in [3.05, 3.63) is 34.5 Å². The highest BCUT2D eigenvalue weighted by atomic mass is 79.9. The van der Waals surface area contributed by atoms with E-state index >= 15 is 0 Å². The normalized spacial score (nSPS) is 15.7. The number of carbonyl (C=O) groups excluding carboxylic acids is 1. The van der Waals surface area contributed by atoms with Crippen LogP contribution in [0.4, 0.5) is 0 Å². The molecule has 1 aromatic carbocycles. The quantitative estimate of drug-likeness (QED) is 0.807. The lowest BCUT2D eigenvalue weighted by atomic mass is 10.2. The SMILES string of the molecule is O=C(c1cc2c(Br)cccc2o1)N1CCCC1. The Balaban J connectivity index is 2.00. The Morgan fingerprint density at radius 3 is 2.76 bits per heavy atom.